The fraction of sp³-hybridized carbons (Fsp3) is 0.367. The number of methoxy groups -OCH3 is 4. The van der Waals surface area contributed by atoms with Crippen molar-refractivity contribution in [2.24, 2.45) is 4.99 Å². The van der Waals surface area contributed by atoms with Crippen molar-refractivity contribution in [3.05, 3.63) is 76.9 Å². The second kappa shape index (κ2) is 14.0. The molecule has 1 atom stereocenters. The van der Waals surface area contributed by atoms with Crippen molar-refractivity contribution in [2.45, 2.75) is 26.3 Å². The van der Waals surface area contributed by atoms with Crippen LogP contribution in [0.5, 0.6) is 23.0 Å². The number of fused-ring (bicyclic) bond motifs is 1. The van der Waals surface area contributed by atoms with Crippen LogP contribution < -0.4 is 33.8 Å². The van der Waals surface area contributed by atoms with Crippen LogP contribution in [0.15, 0.2) is 55.9 Å². The van der Waals surface area contributed by atoms with E-state index in [0.29, 0.717) is 60.2 Å². The van der Waals surface area contributed by atoms with Crippen LogP contribution in [-0.2, 0) is 14.3 Å². The lowest BCUT2D eigenvalue weighted by molar-refractivity contribution is -0.140. The highest BCUT2D eigenvalue weighted by Crippen LogP contribution is 2.41. The van der Waals surface area contributed by atoms with E-state index in [4.69, 9.17) is 28.4 Å². The van der Waals surface area contributed by atoms with Gasteiger partial charge in [0.25, 0.3) is 5.56 Å². The number of allylic oxidation sites excluding steroid dienone is 1. The summed E-state index contributed by atoms with van der Waals surface area (Å²) in [6, 6.07) is 8.07. The van der Waals surface area contributed by atoms with Gasteiger partial charge < -0.3 is 28.4 Å². The SMILES string of the molecule is CCCOc1c(OC)cccc1[C@H]1C(C(=O)OCCOC)=C(C)N=c2s/c(=C/c3cc(OC)c(OC)cc3Br)c(=O)n21. The monoisotopic (exact) mass is 660 g/mol. The van der Waals surface area contributed by atoms with Gasteiger partial charge in [0.05, 0.1) is 50.3 Å². The molecule has 10 nitrogen and oxygen atoms in total. The van der Waals surface area contributed by atoms with E-state index in [9.17, 15) is 9.59 Å². The third-order valence-corrected chi connectivity index (χ3v) is 8.20. The minimum absolute atomic E-state index is 0.0495. The molecule has 0 amide bonds. The minimum Gasteiger partial charge on any atom is -0.493 e. The molecule has 224 valence electrons. The van der Waals surface area contributed by atoms with Gasteiger partial charge in [-0.15, -0.1) is 0 Å². The fourth-order valence-electron chi connectivity index (χ4n) is 4.56. The van der Waals surface area contributed by atoms with Crippen molar-refractivity contribution in [3.63, 3.8) is 0 Å². The number of halogens is 1. The molecule has 0 fully saturated rings. The van der Waals surface area contributed by atoms with E-state index in [1.807, 2.05) is 13.0 Å². The summed E-state index contributed by atoms with van der Waals surface area (Å²) in [6.07, 6.45) is 2.50. The number of hydrogen-bond donors (Lipinski definition) is 0. The highest BCUT2D eigenvalue weighted by molar-refractivity contribution is 9.10. The molecular weight excluding hydrogens is 628 g/mol. The first-order valence-electron chi connectivity index (χ1n) is 13.2. The average Bonchev–Trinajstić information content (AvgIpc) is 3.29. The Morgan fingerprint density at radius 2 is 1.76 bits per heavy atom. The van der Waals surface area contributed by atoms with Crippen molar-refractivity contribution in [1.29, 1.82) is 0 Å². The third kappa shape index (κ3) is 6.25. The minimum atomic E-state index is -0.880. The Labute approximate surface area is 255 Å². The Kier molecular flexibility index (Phi) is 10.5. The van der Waals surface area contributed by atoms with Crippen LogP contribution in [0, 0.1) is 0 Å². The lowest BCUT2D eigenvalue weighted by Gasteiger charge is -2.27. The Balaban J connectivity index is 1.98. The first-order valence-corrected chi connectivity index (χ1v) is 14.8. The van der Waals surface area contributed by atoms with Crippen LogP contribution in [0.3, 0.4) is 0 Å². The number of aromatic nitrogens is 1. The molecule has 1 aliphatic heterocycles. The Morgan fingerprint density at radius 3 is 2.43 bits per heavy atom. The van der Waals surface area contributed by atoms with Gasteiger partial charge in [-0.2, -0.15) is 0 Å². The van der Waals surface area contributed by atoms with Gasteiger partial charge in [-0.3, -0.25) is 9.36 Å². The molecule has 1 aromatic heterocycles. The van der Waals surface area contributed by atoms with Crippen LogP contribution in [-0.4, -0.2) is 58.8 Å². The van der Waals surface area contributed by atoms with Crippen LogP contribution in [0.2, 0.25) is 0 Å². The van der Waals surface area contributed by atoms with Crippen molar-refractivity contribution in [2.75, 3.05) is 48.3 Å². The van der Waals surface area contributed by atoms with Gasteiger partial charge >= 0.3 is 5.97 Å². The molecule has 42 heavy (non-hydrogen) atoms. The lowest BCUT2D eigenvalue weighted by atomic mass is 9.94. The fourth-order valence-corrected chi connectivity index (χ4v) is 6.04. The number of hydrogen-bond acceptors (Lipinski definition) is 10. The molecule has 2 heterocycles. The van der Waals surface area contributed by atoms with Gasteiger partial charge in [0.2, 0.25) is 0 Å². The number of esters is 1. The molecule has 0 aliphatic carbocycles. The number of rotatable bonds is 12. The summed E-state index contributed by atoms with van der Waals surface area (Å²) in [4.78, 5) is 32.8. The van der Waals surface area contributed by atoms with Gasteiger partial charge in [-0.25, -0.2) is 9.79 Å². The van der Waals surface area contributed by atoms with Crippen molar-refractivity contribution >= 4 is 39.3 Å². The van der Waals surface area contributed by atoms with Crippen molar-refractivity contribution in [1.82, 2.24) is 4.57 Å². The molecule has 0 saturated carbocycles. The average molecular weight is 662 g/mol. The number of benzene rings is 2. The molecule has 0 bridgehead atoms. The van der Waals surface area contributed by atoms with Crippen LogP contribution in [0.4, 0.5) is 0 Å². The maximum Gasteiger partial charge on any atom is 0.338 e. The highest BCUT2D eigenvalue weighted by Gasteiger charge is 2.36. The molecule has 1 aliphatic rings. The number of thiazole rings is 1. The number of carbonyl (C=O) groups is 1. The second-order valence-corrected chi connectivity index (χ2v) is 11.0. The molecule has 0 spiro atoms. The second-order valence-electron chi connectivity index (χ2n) is 9.17. The van der Waals surface area contributed by atoms with E-state index < -0.39 is 12.0 Å². The van der Waals surface area contributed by atoms with Crippen LogP contribution >= 0.6 is 27.3 Å². The van der Waals surface area contributed by atoms with E-state index in [-0.39, 0.29) is 24.3 Å². The van der Waals surface area contributed by atoms with E-state index >= 15 is 0 Å². The van der Waals surface area contributed by atoms with Crippen molar-refractivity contribution < 1.29 is 33.2 Å². The quantitative estimate of drug-likeness (QED) is 0.212. The van der Waals surface area contributed by atoms with Crippen LogP contribution in [0.25, 0.3) is 6.08 Å². The van der Waals surface area contributed by atoms with E-state index in [1.54, 1.807) is 58.6 Å². The molecule has 0 unspecified atom stereocenters. The zero-order valence-corrected chi connectivity index (χ0v) is 26.7. The Bertz CT molecular complexity index is 1680. The van der Waals surface area contributed by atoms with Gasteiger partial charge in [0, 0.05) is 17.1 Å². The third-order valence-electron chi connectivity index (χ3n) is 6.53. The van der Waals surface area contributed by atoms with Gasteiger partial charge in [0.1, 0.15) is 12.6 Å². The predicted octanol–water partition coefficient (Wildman–Crippen LogP) is 4.00. The maximum absolute atomic E-state index is 14.1. The molecule has 4 rings (SSSR count). The van der Waals surface area contributed by atoms with E-state index in [1.165, 1.54) is 23.0 Å². The summed E-state index contributed by atoms with van der Waals surface area (Å²) >= 11 is 4.78. The standard InChI is InChI=1S/C30H33BrN2O8S/c1-7-11-40-27-19(9-8-10-21(27)37-4)26-25(29(35)41-13-12-36-3)17(2)32-30-33(26)28(34)24(42-30)15-18-14-22(38-5)23(39-6)16-20(18)31/h8-10,14-16,26H,7,11-13H2,1-6H3/b24-15+/t26-/m0/s1. The predicted molar refractivity (Wildman–Crippen MR) is 163 cm³/mol. The van der Waals surface area contributed by atoms with Crippen molar-refractivity contribution in [3.8, 4) is 23.0 Å². The zero-order valence-electron chi connectivity index (χ0n) is 24.3. The molecular formula is C30H33BrN2O8S. The normalized spacial score (nSPS) is 14.7. The Hall–Kier alpha value is -3.61. The highest BCUT2D eigenvalue weighted by atomic mass is 79.9. The first kappa shape index (κ1) is 31.3. The first-order chi connectivity index (χ1) is 20.3. The number of para-hydroxylation sites is 1. The maximum atomic E-state index is 14.1. The molecule has 0 N–H and O–H groups in total. The largest absolute Gasteiger partial charge is 0.493 e. The summed E-state index contributed by atoms with van der Waals surface area (Å²) in [5, 5.41) is 0. The summed E-state index contributed by atoms with van der Waals surface area (Å²) in [7, 11) is 6.17. The molecule has 12 heteroatoms. The summed E-state index contributed by atoms with van der Waals surface area (Å²) in [6.45, 7) is 4.42. The molecule has 0 saturated heterocycles. The number of carbonyl (C=O) groups excluding carboxylic acids is 1. The van der Waals surface area contributed by atoms with Crippen LogP contribution in [0.1, 0.15) is 37.4 Å². The van der Waals surface area contributed by atoms with Gasteiger partial charge in [0.15, 0.2) is 27.8 Å². The zero-order chi connectivity index (χ0) is 30.4. The number of nitrogens with zero attached hydrogens (tertiary/aromatic N) is 2. The van der Waals surface area contributed by atoms with E-state index in [0.717, 1.165) is 6.42 Å². The number of ether oxygens (including phenoxy) is 6. The van der Waals surface area contributed by atoms with E-state index in [2.05, 4.69) is 20.9 Å². The molecule has 2 aromatic carbocycles. The lowest BCUT2D eigenvalue weighted by Crippen LogP contribution is -2.40. The topological polar surface area (TPSA) is 107 Å². The molecule has 0 radical (unpaired) electrons. The van der Waals surface area contributed by atoms with Gasteiger partial charge in [-0.1, -0.05) is 46.3 Å². The van der Waals surface area contributed by atoms with Gasteiger partial charge in [-0.05, 0) is 43.2 Å². The molecule has 3 aromatic rings. The summed E-state index contributed by atoms with van der Waals surface area (Å²) in [5.74, 6) is 1.40. The Morgan fingerprint density at radius 1 is 1.05 bits per heavy atom. The summed E-state index contributed by atoms with van der Waals surface area (Å²) in [5.41, 5.74) is 1.62. The summed E-state index contributed by atoms with van der Waals surface area (Å²) < 4.78 is 35.8. The smallest absolute Gasteiger partial charge is 0.338 e.